The molecule has 19 heavy (non-hydrogen) atoms. The number of carbonyl (C=O) groups is 1. The van der Waals surface area contributed by atoms with E-state index in [1.54, 1.807) is 24.3 Å². The number of phenolic OH excluding ortho intramolecular Hbond substituents is 1. The molecular formula is C14H19N3O2. The lowest BCUT2D eigenvalue weighted by molar-refractivity contribution is -0.122. The molecule has 1 aliphatic rings. The first-order chi connectivity index (χ1) is 9.25. The number of rotatable bonds is 4. The monoisotopic (exact) mass is 261 g/mol. The molecule has 0 aromatic heterocycles. The molecule has 0 aliphatic carbocycles. The van der Waals surface area contributed by atoms with Crippen LogP contribution in [0.3, 0.4) is 0 Å². The number of amides is 1. The van der Waals surface area contributed by atoms with Crippen molar-refractivity contribution >= 4 is 12.1 Å². The Bertz CT molecular complexity index is 454. The molecule has 2 N–H and O–H groups in total. The number of nitrogens with zero attached hydrogens (tertiary/aromatic N) is 2. The Morgan fingerprint density at radius 1 is 1.32 bits per heavy atom. The molecule has 1 aromatic carbocycles. The maximum atomic E-state index is 11.7. The van der Waals surface area contributed by atoms with Crippen LogP contribution in [0, 0.1) is 0 Å². The number of carbonyl (C=O) groups excluding carboxylic acids is 1. The number of likely N-dealkylation sites (tertiary alicyclic amines) is 1. The van der Waals surface area contributed by atoms with Crippen molar-refractivity contribution in [3.05, 3.63) is 29.8 Å². The zero-order valence-corrected chi connectivity index (χ0v) is 10.9. The third kappa shape index (κ3) is 4.37. The van der Waals surface area contributed by atoms with Crippen LogP contribution >= 0.6 is 0 Å². The smallest absolute Gasteiger partial charge is 0.254 e. The molecule has 1 fully saturated rings. The molecule has 0 saturated carbocycles. The summed E-state index contributed by atoms with van der Waals surface area (Å²) in [5, 5.41) is 13.4. The molecule has 2 rings (SSSR count). The van der Waals surface area contributed by atoms with Crippen LogP contribution in [0.25, 0.3) is 0 Å². The van der Waals surface area contributed by atoms with Crippen molar-refractivity contribution in [2.75, 3.05) is 19.6 Å². The Morgan fingerprint density at radius 2 is 2.05 bits per heavy atom. The standard InChI is InChI=1S/C14H19N3O2/c18-13-7-3-2-6-12(13)10-15-16-14(19)11-17-8-4-1-5-9-17/h2-3,6-7,10,18H,1,4-5,8-9,11H2,(H,16,19). The second-order valence-electron chi connectivity index (χ2n) is 4.69. The molecular weight excluding hydrogens is 242 g/mol. The highest BCUT2D eigenvalue weighted by molar-refractivity contribution is 5.85. The molecule has 102 valence electrons. The van der Waals surface area contributed by atoms with Gasteiger partial charge in [-0.1, -0.05) is 18.6 Å². The van der Waals surface area contributed by atoms with E-state index in [1.807, 2.05) is 0 Å². The number of hydrogen-bond acceptors (Lipinski definition) is 4. The number of nitrogens with one attached hydrogen (secondary N) is 1. The van der Waals surface area contributed by atoms with Gasteiger partial charge < -0.3 is 5.11 Å². The summed E-state index contributed by atoms with van der Waals surface area (Å²) in [6.07, 6.45) is 5.02. The second kappa shape index (κ2) is 6.89. The Labute approximate surface area is 112 Å². The van der Waals surface area contributed by atoms with E-state index in [2.05, 4.69) is 15.4 Å². The Balaban J connectivity index is 1.78. The van der Waals surface area contributed by atoms with Crippen molar-refractivity contribution < 1.29 is 9.90 Å². The lowest BCUT2D eigenvalue weighted by Crippen LogP contribution is -2.38. The van der Waals surface area contributed by atoms with Gasteiger partial charge in [0.2, 0.25) is 0 Å². The van der Waals surface area contributed by atoms with Gasteiger partial charge >= 0.3 is 0 Å². The first-order valence-electron chi connectivity index (χ1n) is 6.58. The van der Waals surface area contributed by atoms with E-state index in [0.29, 0.717) is 12.1 Å². The van der Waals surface area contributed by atoms with Crippen LogP contribution in [-0.4, -0.2) is 41.8 Å². The summed E-state index contributed by atoms with van der Waals surface area (Å²) in [6, 6.07) is 6.85. The molecule has 1 heterocycles. The van der Waals surface area contributed by atoms with Crippen molar-refractivity contribution in [3.8, 4) is 5.75 Å². The summed E-state index contributed by atoms with van der Waals surface area (Å²) < 4.78 is 0. The first kappa shape index (κ1) is 13.5. The van der Waals surface area contributed by atoms with Crippen LogP contribution in [0.4, 0.5) is 0 Å². The molecule has 0 bridgehead atoms. The minimum absolute atomic E-state index is 0.117. The van der Waals surface area contributed by atoms with Crippen molar-refractivity contribution in [2.24, 2.45) is 5.10 Å². The van der Waals surface area contributed by atoms with Crippen LogP contribution in [0.5, 0.6) is 5.75 Å². The predicted molar refractivity (Wildman–Crippen MR) is 74.1 cm³/mol. The molecule has 0 radical (unpaired) electrons. The number of aromatic hydroxyl groups is 1. The second-order valence-corrected chi connectivity index (χ2v) is 4.69. The summed E-state index contributed by atoms with van der Waals surface area (Å²) in [5.41, 5.74) is 3.07. The van der Waals surface area contributed by atoms with Gasteiger partial charge in [-0.05, 0) is 38.1 Å². The third-order valence-electron chi connectivity index (χ3n) is 3.15. The molecule has 5 heteroatoms. The normalized spacial score (nSPS) is 16.6. The quantitative estimate of drug-likeness (QED) is 0.635. The van der Waals surface area contributed by atoms with Crippen LogP contribution < -0.4 is 5.43 Å². The van der Waals surface area contributed by atoms with Gasteiger partial charge in [0.05, 0.1) is 12.8 Å². The van der Waals surface area contributed by atoms with Gasteiger partial charge in [0, 0.05) is 5.56 Å². The summed E-state index contributed by atoms with van der Waals surface area (Å²) in [6.45, 7) is 2.35. The molecule has 0 atom stereocenters. The highest BCUT2D eigenvalue weighted by atomic mass is 16.3. The highest BCUT2D eigenvalue weighted by Crippen LogP contribution is 2.12. The van der Waals surface area contributed by atoms with Gasteiger partial charge in [-0.3, -0.25) is 9.69 Å². The number of phenols is 1. The first-order valence-corrected chi connectivity index (χ1v) is 6.58. The maximum Gasteiger partial charge on any atom is 0.254 e. The van der Waals surface area contributed by atoms with Gasteiger partial charge in [0.1, 0.15) is 5.75 Å². The lowest BCUT2D eigenvalue weighted by Gasteiger charge is -2.25. The average Bonchev–Trinajstić information content (AvgIpc) is 2.42. The maximum absolute atomic E-state index is 11.7. The van der Waals surface area contributed by atoms with Crippen molar-refractivity contribution in [3.63, 3.8) is 0 Å². The largest absolute Gasteiger partial charge is 0.507 e. The van der Waals surface area contributed by atoms with Crippen molar-refractivity contribution in [1.82, 2.24) is 10.3 Å². The van der Waals surface area contributed by atoms with Crippen LogP contribution in [0.1, 0.15) is 24.8 Å². The number of para-hydroxylation sites is 1. The van der Waals surface area contributed by atoms with E-state index >= 15 is 0 Å². The van der Waals surface area contributed by atoms with E-state index in [4.69, 9.17) is 0 Å². The van der Waals surface area contributed by atoms with Gasteiger partial charge in [0.15, 0.2) is 0 Å². The van der Waals surface area contributed by atoms with E-state index in [9.17, 15) is 9.90 Å². The molecule has 0 spiro atoms. The zero-order chi connectivity index (χ0) is 13.5. The fraction of sp³-hybridized carbons (Fsp3) is 0.429. The fourth-order valence-electron chi connectivity index (χ4n) is 2.13. The van der Waals surface area contributed by atoms with E-state index in [0.717, 1.165) is 25.9 Å². The molecule has 1 saturated heterocycles. The number of piperidine rings is 1. The topological polar surface area (TPSA) is 64.9 Å². The average molecular weight is 261 g/mol. The minimum atomic E-state index is -0.117. The fourth-order valence-corrected chi connectivity index (χ4v) is 2.13. The molecule has 0 unspecified atom stereocenters. The van der Waals surface area contributed by atoms with Gasteiger partial charge in [-0.25, -0.2) is 5.43 Å². The summed E-state index contributed by atoms with van der Waals surface area (Å²) in [7, 11) is 0. The van der Waals surface area contributed by atoms with E-state index < -0.39 is 0 Å². The van der Waals surface area contributed by atoms with Crippen LogP contribution in [0.2, 0.25) is 0 Å². The molecule has 5 nitrogen and oxygen atoms in total. The minimum Gasteiger partial charge on any atom is -0.507 e. The lowest BCUT2D eigenvalue weighted by atomic mass is 10.1. The number of hydrogen-bond donors (Lipinski definition) is 2. The summed E-state index contributed by atoms with van der Waals surface area (Å²) in [4.78, 5) is 13.8. The third-order valence-corrected chi connectivity index (χ3v) is 3.15. The van der Waals surface area contributed by atoms with E-state index in [-0.39, 0.29) is 11.7 Å². The predicted octanol–water partition coefficient (Wildman–Crippen LogP) is 1.33. The molecule has 1 aromatic rings. The van der Waals surface area contributed by atoms with E-state index in [1.165, 1.54) is 12.6 Å². The van der Waals surface area contributed by atoms with Crippen molar-refractivity contribution in [1.29, 1.82) is 0 Å². The Hall–Kier alpha value is -1.88. The van der Waals surface area contributed by atoms with Crippen molar-refractivity contribution in [2.45, 2.75) is 19.3 Å². The molecule has 1 aliphatic heterocycles. The molecule has 1 amide bonds. The van der Waals surface area contributed by atoms with Gasteiger partial charge in [-0.15, -0.1) is 0 Å². The Kier molecular flexibility index (Phi) is 4.92. The summed E-state index contributed by atoms with van der Waals surface area (Å²) >= 11 is 0. The zero-order valence-electron chi connectivity index (χ0n) is 10.9. The van der Waals surface area contributed by atoms with Crippen LogP contribution in [-0.2, 0) is 4.79 Å². The Morgan fingerprint density at radius 3 is 2.79 bits per heavy atom. The van der Waals surface area contributed by atoms with Gasteiger partial charge in [0.25, 0.3) is 5.91 Å². The van der Waals surface area contributed by atoms with Crippen LogP contribution in [0.15, 0.2) is 29.4 Å². The number of hydrazone groups is 1. The number of benzene rings is 1. The SMILES string of the molecule is O=C(CN1CCCCC1)NN=Cc1ccccc1O. The van der Waals surface area contributed by atoms with Gasteiger partial charge in [-0.2, -0.15) is 5.10 Å². The summed E-state index contributed by atoms with van der Waals surface area (Å²) in [5.74, 6) is 0.0325. The highest BCUT2D eigenvalue weighted by Gasteiger charge is 2.12.